The van der Waals surface area contributed by atoms with Crippen LogP contribution in [0.5, 0.6) is 5.75 Å². The molecule has 1 fully saturated rings. The van der Waals surface area contributed by atoms with E-state index in [4.69, 9.17) is 4.74 Å². The number of aliphatic hydroxyl groups excluding tert-OH is 1. The van der Waals surface area contributed by atoms with Crippen molar-refractivity contribution in [1.29, 1.82) is 0 Å². The smallest absolute Gasteiger partial charge is 0.227 e. The molecule has 1 heterocycles. The van der Waals surface area contributed by atoms with Crippen LogP contribution in [-0.4, -0.2) is 55.2 Å². The average molecular weight is 352 g/mol. The monoisotopic (exact) mass is 352 g/mol. The number of carbonyl (C=O) groups is 2. The van der Waals surface area contributed by atoms with Crippen LogP contribution in [0.4, 0.5) is 5.69 Å². The molecule has 0 aromatic heterocycles. The first-order chi connectivity index (χ1) is 11.6. The largest absolute Gasteiger partial charge is 0.497 e. The molecule has 2 rings (SSSR count). The molecule has 7 heteroatoms. The summed E-state index contributed by atoms with van der Waals surface area (Å²) in [6.07, 6.45) is 2.88. The van der Waals surface area contributed by atoms with Crippen LogP contribution in [0.25, 0.3) is 0 Å². The molecule has 132 valence electrons. The Balaban J connectivity index is 1.99. The molecular weight excluding hydrogens is 328 g/mol. The molecule has 1 aliphatic heterocycles. The molecule has 6 nitrogen and oxygen atoms in total. The van der Waals surface area contributed by atoms with E-state index in [1.165, 1.54) is 0 Å². The molecular formula is C17H24N2O4S. The van der Waals surface area contributed by atoms with Gasteiger partial charge in [0.2, 0.25) is 11.8 Å². The third-order valence-corrected chi connectivity index (χ3v) is 4.74. The van der Waals surface area contributed by atoms with Gasteiger partial charge in [-0.1, -0.05) is 6.07 Å². The molecule has 24 heavy (non-hydrogen) atoms. The van der Waals surface area contributed by atoms with Crippen molar-refractivity contribution in [2.45, 2.75) is 18.9 Å². The van der Waals surface area contributed by atoms with Crippen molar-refractivity contribution in [3.8, 4) is 5.75 Å². The molecule has 2 atom stereocenters. The van der Waals surface area contributed by atoms with Gasteiger partial charge in [0.25, 0.3) is 0 Å². The minimum Gasteiger partial charge on any atom is -0.497 e. The van der Waals surface area contributed by atoms with Crippen LogP contribution < -0.4 is 15.0 Å². The van der Waals surface area contributed by atoms with Gasteiger partial charge in [0.1, 0.15) is 5.75 Å². The second-order valence-electron chi connectivity index (χ2n) is 5.78. The molecule has 2 amide bonds. The van der Waals surface area contributed by atoms with E-state index in [0.717, 1.165) is 11.4 Å². The lowest BCUT2D eigenvalue weighted by atomic mass is 10.1. The predicted molar refractivity (Wildman–Crippen MR) is 95.5 cm³/mol. The molecule has 0 radical (unpaired) electrons. The van der Waals surface area contributed by atoms with Crippen molar-refractivity contribution in [2.24, 2.45) is 5.92 Å². The summed E-state index contributed by atoms with van der Waals surface area (Å²) in [6, 6.07) is 6.99. The molecule has 0 aliphatic carbocycles. The SMILES string of the molecule is COc1cccc(N2CC(C(=O)N[C@H](CO)CCSC)CC2=O)c1. The van der Waals surface area contributed by atoms with Gasteiger partial charge in [0, 0.05) is 24.7 Å². The first-order valence-electron chi connectivity index (χ1n) is 7.93. The van der Waals surface area contributed by atoms with E-state index in [2.05, 4.69) is 5.32 Å². The lowest BCUT2D eigenvalue weighted by Gasteiger charge is -2.19. The summed E-state index contributed by atoms with van der Waals surface area (Å²) in [5.74, 6) is 0.894. The highest BCUT2D eigenvalue weighted by molar-refractivity contribution is 7.98. The maximum Gasteiger partial charge on any atom is 0.227 e. The first-order valence-corrected chi connectivity index (χ1v) is 9.33. The van der Waals surface area contributed by atoms with E-state index in [0.29, 0.717) is 18.7 Å². The number of ether oxygens (including phenoxy) is 1. The van der Waals surface area contributed by atoms with Gasteiger partial charge in [-0.3, -0.25) is 9.59 Å². The van der Waals surface area contributed by atoms with Gasteiger partial charge >= 0.3 is 0 Å². The highest BCUT2D eigenvalue weighted by Crippen LogP contribution is 2.28. The van der Waals surface area contributed by atoms with Gasteiger partial charge in [-0.15, -0.1) is 0 Å². The topological polar surface area (TPSA) is 78.9 Å². The summed E-state index contributed by atoms with van der Waals surface area (Å²) in [6.45, 7) is 0.255. The molecule has 2 N–H and O–H groups in total. The van der Waals surface area contributed by atoms with Crippen molar-refractivity contribution in [2.75, 3.05) is 37.2 Å². The summed E-state index contributed by atoms with van der Waals surface area (Å²) < 4.78 is 5.18. The Kier molecular flexibility index (Phi) is 6.93. The van der Waals surface area contributed by atoms with Crippen LogP contribution in [0, 0.1) is 5.92 Å². The van der Waals surface area contributed by atoms with Gasteiger partial charge in [0.05, 0.1) is 25.7 Å². The van der Waals surface area contributed by atoms with Gasteiger partial charge < -0.3 is 20.1 Å². The Morgan fingerprint density at radius 3 is 3.00 bits per heavy atom. The molecule has 1 aromatic carbocycles. The lowest BCUT2D eigenvalue weighted by Crippen LogP contribution is -2.42. The Bertz CT molecular complexity index is 581. The zero-order chi connectivity index (χ0) is 17.5. The van der Waals surface area contributed by atoms with Crippen molar-refractivity contribution in [1.82, 2.24) is 5.32 Å². The van der Waals surface area contributed by atoms with Crippen molar-refractivity contribution >= 4 is 29.3 Å². The summed E-state index contributed by atoms with van der Waals surface area (Å²) in [5, 5.41) is 12.2. The predicted octanol–water partition coefficient (Wildman–Crippen LogP) is 1.28. The summed E-state index contributed by atoms with van der Waals surface area (Å²) in [7, 11) is 1.57. The Morgan fingerprint density at radius 2 is 2.33 bits per heavy atom. The normalized spacial score (nSPS) is 18.5. The quantitative estimate of drug-likeness (QED) is 0.737. The Labute approximate surface area is 146 Å². The highest BCUT2D eigenvalue weighted by Gasteiger charge is 2.35. The van der Waals surface area contributed by atoms with E-state index in [1.54, 1.807) is 29.8 Å². The summed E-state index contributed by atoms with van der Waals surface area (Å²) >= 11 is 1.67. The van der Waals surface area contributed by atoms with Gasteiger partial charge in [0.15, 0.2) is 0 Å². The minimum atomic E-state index is -0.396. The zero-order valence-electron chi connectivity index (χ0n) is 14.0. The highest BCUT2D eigenvalue weighted by atomic mass is 32.2. The standard InChI is InChI=1S/C17H24N2O4S/c1-23-15-5-3-4-14(9-15)19-10-12(8-16(19)21)17(22)18-13(11-20)6-7-24-2/h3-5,9,12-13,20H,6-8,10-11H2,1-2H3,(H,18,22)/t12?,13-/m0/s1. The number of hydrogen-bond donors (Lipinski definition) is 2. The third kappa shape index (κ3) is 4.64. The number of thioether (sulfide) groups is 1. The van der Waals surface area contributed by atoms with Crippen LogP contribution >= 0.6 is 11.8 Å². The average Bonchev–Trinajstić information content (AvgIpc) is 3.00. The van der Waals surface area contributed by atoms with Crippen LogP contribution in [0.1, 0.15) is 12.8 Å². The van der Waals surface area contributed by atoms with Crippen LogP contribution in [0.3, 0.4) is 0 Å². The summed E-state index contributed by atoms with van der Waals surface area (Å²) in [5.41, 5.74) is 0.732. The Morgan fingerprint density at radius 1 is 1.54 bits per heavy atom. The molecule has 1 saturated heterocycles. The maximum atomic E-state index is 12.4. The number of hydrogen-bond acceptors (Lipinski definition) is 5. The van der Waals surface area contributed by atoms with Gasteiger partial charge in [-0.2, -0.15) is 11.8 Å². The van der Waals surface area contributed by atoms with Crippen molar-refractivity contribution < 1.29 is 19.4 Å². The fourth-order valence-corrected chi connectivity index (χ4v) is 3.22. The van der Waals surface area contributed by atoms with Gasteiger partial charge in [-0.25, -0.2) is 0 Å². The second-order valence-corrected chi connectivity index (χ2v) is 6.76. The number of carbonyl (C=O) groups excluding carboxylic acids is 2. The van der Waals surface area contributed by atoms with Gasteiger partial charge in [-0.05, 0) is 30.6 Å². The molecule has 1 aromatic rings. The van der Waals surface area contributed by atoms with Crippen LogP contribution in [-0.2, 0) is 9.59 Å². The lowest BCUT2D eigenvalue weighted by molar-refractivity contribution is -0.127. The maximum absolute atomic E-state index is 12.4. The number of methoxy groups -OCH3 is 1. The second kappa shape index (κ2) is 8.94. The number of nitrogens with zero attached hydrogens (tertiary/aromatic N) is 1. The van der Waals surface area contributed by atoms with E-state index < -0.39 is 5.92 Å². The minimum absolute atomic E-state index is 0.0759. The van der Waals surface area contributed by atoms with Crippen molar-refractivity contribution in [3.63, 3.8) is 0 Å². The van der Waals surface area contributed by atoms with E-state index in [1.807, 2.05) is 24.5 Å². The third-order valence-electron chi connectivity index (χ3n) is 4.10. The zero-order valence-corrected chi connectivity index (χ0v) is 14.8. The number of amides is 2. The number of rotatable bonds is 8. The van der Waals surface area contributed by atoms with E-state index in [9.17, 15) is 14.7 Å². The van der Waals surface area contributed by atoms with Crippen LogP contribution in [0.2, 0.25) is 0 Å². The Hall–Kier alpha value is -1.73. The molecule has 0 bridgehead atoms. The molecule has 0 spiro atoms. The van der Waals surface area contributed by atoms with E-state index in [-0.39, 0.29) is 30.9 Å². The fraction of sp³-hybridized carbons (Fsp3) is 0.529. The number of benzene rings is 1. The van der Waals surface area contributed by atoms with Crippen molar-refractivity contribution in [3.05, 3.63) is 24.3 Å². The van der Waals surface area contributed by atoms with Crippen LogP contribution in [0.15, 0.2) is 24.3 Å². The fourth-order valence-electron chi connectivity index (χ4n) is 2.70. The summed E-state index contributed by atoms with van der Waals surface area (Å²) in [4.78, 5) is 26.3. The number of nitrogens with one attached hydrogen (secondary N) is 1. The number of aliphatic hydroxyl groups is 1. The molecule has 1 aliphatic rings. The van der Waals surface area contributed by atoms with E-state index >= 15 is 0 Å². The first kappa shape index (κ1) is 18.6. The molecule has 0 saturated carbocycles. The molecule has 1 unspecified atom stereocenters. The number of anilines is 1.